The highest BCUT2D eigenvalue weighted by Crippen LogP contribution is 2.46. The Labute approximate surface area is 336 Å². The van der Waals surface area contributed by atoms with Crippen molar-refractivity contribution in [2.24, 2.45) is 17.8 Å². The summed E-state index contributed by atoms with van der Waals surface area (Å²) in [6.45, 7) is 9.45. The van der Waals surface area contributed by atoms with Gasteiger partial charge in [-0.25, -0.2) is 26.7 Å². The quantitative estimate of drug-likeness (QED) is 0.300. The Hall–Kier alpha value is -4.61. The maximum atomic E-state index is 15.4. The number of carboxylic acid groups (broad SMARTS) is 1. The van der Waals surface area contributed by atoms with E-state index < -0.39 is 86.1 Å². The molecule has 318 valence electrons. The number of carbonyl (C=O) groups is 4. The maximum Gasteiger partial charge on any atom is 0.408 e. The first kappa shape index (κ1) is 43.0. The van der Waals surface area contributed by atoms with Crippen LogP contribution in [0.1, 0.15) is 99.5 Å². The topological polar surface area (TPSA) is 197 Å². The summed E-state index contributed by atoms with van der Waals surface area (Å²) in [7, 11) is -4.01. The summed E-state index contributed by atoms with van der Waals surface area (Å²) in [6, 6.07) is 3.16. The molecule has 3 N–H and O–H groups in total. The van der Waals surface area contributed by atoms with Gasteiger partial charge in [0.05, 0.1) is 28.6 Å². The molecular formula is C40H54F2N6O9S. The highest BCUT2D eigenvalue weighted by atomic mass is 32.2. The Morgan fingerprint density at radius 3 is 2.33 bits per heavy atom. The minimum atomic E-state index is -4.01. The largest absolute Gasteiger partial charge is 0.471 e. The molecule has 1 aromatic heterocycles. The van der Waals surface area contributed by atoms with E-state index in [0.717, 1.165) is 18.7 Å². The molecule has 15 nitrogen and oxygen atoms in total. The van der Waals surface area contributed by atoms with Crippen LogP contribution in [0, 0.1) is 17.8 Å². The van der Waals surface area contributed by atoms with Crippen LogP contribution in [0.4, 0.5) is 13.6 Å². The van der Waals surface area contributed by atoms with Crippen LogP contribution in [0.15, 0.2) is 41.2 Å². The van der Waals surface area contributed by atoms with Gasteiger partial charge in [-0.1, -0.05) is 38.1 Å². The fourth-order valence-corrected chi connectivity index (χ4v) is 9.70. The number of benzene rings is 1. The number of aromatic nitrogens is 2. The number of carbonyl (C=O) groups excluding carboxylic acids is 3. The van der Waals surface area contributed by atoms with Crippen LogP contribution in [0.3, 0.4) is 0 Å². The first-order valence-corrected chi connectivity index (χ1v) is 21.5. The molecule has 0 bridgehead atoms. The monoisotopic (exact) mass is 832 g/mol. The van der Waals surface area contributed by atoms with Crippen molar-refractivity contribution in [1.82, 2.24) is 29.6 Å². The van der Waals surface area contributed by atoms with Crippen LogP contribution in [0.25, 0.3) is 10.8 Å². The number of fused-ring (bicyclic) bond motifs is 3. The number of hydrogen-bond acceptors (Lipinski definition) is 9. The van der Waals surface area contributed by atoms with Crippen molar-refractivity contribution in [2.45, 2.75) is 140 Å². The predicted molar refractivity (Wildman–Crippen MR) is 210 cm³/mol. The molecule has 4 aliphatic rings. The number of alkyl halides is 2. The summed E-state index contributed by atoms with van der Waals surface area (Å²) < 4.78 is 66.4. The molecule has 18 heteroatoms. The molecule has 0 radical (unpaired) electrons. The van der Waals surface area contributed by atoms with Crippen LogP contribution >= 0.6 is 0 Å². The van der Waals surface area contributed by atoms with Crippen molar-refractivity contribution < 1.29 is 46.2 Å². The predicted octanol–water partition coefficient (Wildman–Crippen LogP) is 4.60. The number of sulfonamides is 1. The molecule has 1 saturated heterocycles. The lowest BCUT2D eigenvalue weighted by Gasteiger charge is -2.47. The number of ether oxygens (including phenoxy) is 1. The molecule has 3 heterocycles. The molecule has 2 aromatic rings. The molecule has 7 atom stereocenters. The van der Waals surface area contributed by atoms with E-state index in [1.165, 1.54) is 4.68 Å². The molecule has 2 saturated carbocycles. The van der Waals surface area contributed by atoms with E-state index in [-0.39, 0.29) is 49.2 Å². The average molecular weight is 833 g/mol. The maximum absolute atomic E-state index is 15.4. The van der Waals surface area contributed by atoms with E-state index in [1.807, 2.05) is 13.0 Å². The highest BCUT2D eigenvalue weighted by molar-refractivity contribution is 7.91. The summed E-state index contributed by atoms with van der Waals surface area (Å²) in [5.41, 5.74) is -4.42. The second-order valence-corrected chi connectivity index (χ2v) is 19.5. The smallest absolute Gasteiger partial charge is 0.408 e. The van der Waals surface area contributed by atoms with Crippen LogP contribution in [-0.4, -0.2) is 104 Å². The zero-order valence-electron chi connectivity index (χ0n) is 33.9. The Kier molecular flexibility index (Phi) is 11.5. The van der Waals surface area contributed by atoms with E-state index in [4.69, 9.17) is 4.74 Å². The molecular weight excluding hydrogens is 779 g/mol. The lowest BCUT2D eigenvalue weighted by atomic mass is 9.84. The number of amides is 4. The normalized spacial score (nSPS) is 29.1. The molecule has 4 amide bonds. The van der Waals surface area contributed by atoms with Gasteiger partial charge in [0.1, 0.15) is 29.3 Å². The van der Waals surface area contributed by atoms with Crippen LogP contribution < -0.4 is 20.3 Å². The van der Waals surface area contributed by atoms with E-state index >= 15 is 13.6 Å². The number of allylic oxidation sites excluding steroid dienone is 1. The van der Waals surface area contributed by atoms with Crippen molar-refractivity contribution >= 4 is 44.6 Å². The number of nitrogens with one attached hydrogen (secondary N) is 2. The summed E-state index contributed by atoms with van der Waals surface area (Å²) in [5.74, 6) is -7.73. The number of halogens is 2. The third kappa shape index (κ3) is 8.17. The molecule has 6 rings (SSSR count). The van der Waals surface area contributed by atoms with Crippen molar-refractivity contribution in [3.05, 3.63) is 46.8 Å². The van der Waals surface area contributed by atoms with Gasteiger partial charge in [0.15, 0.2) is 0 Å². The Bertz CT molecular complexity index is 2170. The van der Waals surface area contributed by atoms with E-state index in [2.05, 4.69) is 15.1 Å². The van der Waals surface area contributed by atoms with Gasteiger partial charge in [-0.05, 0) is 90.2 Å². The number of rotatable bonds is 9. The average Bonchev–Trinajstić information content (AvgIpc) is 4.05. The third-order valence-electron chi connectivity index (χ3n) is 12.3. The van der Waals surface area contributed by atoms with Gasteiger partial charge in [-0.15, -0.1) is 5.10 Å². The second kappa shape index (κ2) is 15.5. The molecule has 0 spiro atoms. The van der Waals surface area contributed by atoms with Gasteiger partial charge in [-0.3, -0.25) is 28.8 Å². The van der Waals surface area contributed by atoms with Gasteiger partial charge < -0.3 is 20.1 Å². The van der Waals surface area contributed by atoms with Gasteiger partial charge in [0.2, 0.25) is 27.7 Å². The Morgan fingerprint density at radius 2 is 1.72 bits per heavy atom. The minimum Gasteiger partial charge on any atom is -0.471 e. The van der Waals surface area contributed by atoms with Crippen LogP contribution in [-0.2, 0) is 24.4 Å². The Morgan fingerprint density at radius 1 is 1.07 bits per heavy atom. The summed E-state index contributed by atoms with van der Waals surface area (Å²) in [4.78, 5) is 71.6. The first-order valence-electron chi connectivity index (χ1n) is 19.9. The van der Waals surface area contributed by atoms with Crippen LogP contribution in [0.5, 0.6) is 5.88 Å². The van der Waals surface area contributed by atoms with Crippen molar-refractivity contribution in [3.8, 4) is 5.88 Å². The number of hydrogen-bond donors (Lipinski definition) is 3. The van der Waals surface area contributed by atoms with Gasteiger partial charge in [0, 0.05) is 19.3 Å². The molecule has 58 heavy (non-hydrogen) atoms. The SMILES string of the molecule is CC(C)n1nc(O[C@@H]2C[C@H]3C(=O)N[C@]4(C(=O)NS(=O)(=O)C5CC5)C[C@H]4/C=C\CC[C@H](C)C[C@@H](C)[C@H](N(C(=O)O)C(C)(C)C(C)(F)F)C(=O)N3C2)c2ccccc2c1=O. The van der Waals surface area contributed by atoms with E-state index in [0.29, 0.717) is 48.3 Å². The fourth-order valence-electron chi connectivity index (χ4n) is 8.33. The zero-order chi connectivity index (χ0) is 42.7. The highest BCUT2D eigenvalue weighted by Gasteiger charge is 2.62. The lowest BCUT2D eigenvalue weighted by Crippen LogP contribution is -2.66. The van der Waals surface area contributed by atoms with Crippen molar-refractivity contribution in [1.29, 1.82) is 0 Å². The van der Waals surface area contributed by atoms with Crippen molar-refractivity contribution in [2.75, 3.05) is 6.54 Å². The fraction of sp³-hybridized carbons (Fsp3) is 0.650. The van der Waals surface area contributed by atoms with Crippen LogP contribution in [0.2, 0.25) is 0 Å². The third-order valence-corrected chi connectivity index (χ3v) is 14.1. The lowest BCUT2D eigenvalue weighted by molar-refractivity contribution is -0.156. The standard InChI is InChI=1S/C40H54F2N6O9S/c1-22(2)48-34(50)29-15-11-10-14-28(29)33(44-48)57-26-19-30-32(49)43-40(36(52)45-58(55,56)27-16-17-27)20-25(40)13-9-8-12-23(3)18-24(4)31(35(51)46(30)21-26)47(37(53)54)38(5,6)39(7,41)42/h9-11,13-15,22-27,30-31H,8,12,16-21H2,1-7H3,(H,43,49)(H,45,52)(H,53,54)/b13-9-/t23-,24+,25+,26+,30-,31-,40+/m0/s1. The van der Waals surface area contributed by atoms with Gasteiger partial charge in [-0.2, -0.15) is 0 Å². The van der Waals surface area contributed by atoms with E-state index in [1.54, 1.807) is 51.1 Å². The first-order chi connectivity index (χ1) is 27.0. The van der Waals surface area contributed by atoms with Crippen molar-refractivity contribution in [3.63, 3.8) is 0 Å². The van der Waals surface area contributed by atoms with Gasteiger partial charge in [0.25, 0.3) is 17.4 Å². The van der Waals surface area contributed by atoms with Gasteiger partial charge >= 0.3 is 6.09 Å². The Balaban J connectivity index is 1.45. The van der Waals surface area contributed by atoms with E-state index in [9.17, 15) is 32.7 Å². The molecule has 0 unspecified atom stereocenters. The molecule has 2 aliphatic heterocycles. The summed E-state index contributed by atoms with van der Waals surface area (Å²) in [5, 5.41) is 17.8. The zero-order valence-corrected chi connectivity index (χ0v) is 34.7. The minimum absolute atomic E-state index is 0.0377. The summed E-state index contributed by atoms with van der Waals surface area (Å²) in [6.07, 6.45) is 2.89. The summed E-state index contributed by atoms with van der Waals surface area (Å²) >= 11 is 0. The molecule has 3 fully saturated rings. The number of nitrogens with zero attached hydrogens (tertiary/aromatic N) is 4. The molecule has 2 aliphatic carbocycles. The molecule has 1 aromatic carbocycles. The second-order valence-electron chi connectivity index (χ2n) is 17.5.